The first-order valence-corrected chi connectivity index (χ1v) is 7.56. The minimum atomic E-state index is -0.0464. The van der Waals surface area contributed by atoms with E-state index < -0.39 is 0 Å². The zero-order chi connectivity index (χ0) is 14.0. The van der Waals surface area contributed by atoms with Gasteiger partial charge in [0.25, 0.3) is 0 Å². The second-order valence-electron chi connectivity index (χ2n) is 6.23. The largest absolute Gasteiger partial charge is 0.324 e. The van der Waals surface area contributed by atoms with Gasteiger partial charge in [0.05, 0.1) is 10.0 Å². The second-order valence-corrected chi connectivity index (χ2v) is 7.01. The molecular formula is C15H22Cl2N2. The Balaban J connectivity index is 1.91. The molecule has 106 valence electrons. The highest BCUT2D eigenvalue weighted by Gasteiger charge is 2.29. The average molecular weight is 301 g/mol. The normalized spacial score (nSPS) is 20.7. The van der Waals surface area contributed by atoms with Gasteiger partial charge in [-0.05, 0) is 43.0 Å². The molecule has 2 rings (SSSR count). The molecule has 0 aromatic heterocycles. The van der Waals surface area contributed by atoms with E-state index in [0.29, 0.717) is 15.5 Å². The first-order chi connectivity index (χ1) is 8.89. The molecule has 0 radical (unpaired) electrons. The summed E-state index contributed by atoms with van der Waals surface area (Å²) in [5.41, 5.74) is 7.63. The Bertz CT molecular complexity index is 446. The van der Waals surface area contributed by atoms with Crippen molar-refractivity contribution < 1.29 is 0 Å². The third-order valence-electron chi connectivity index (χ3n) is 3.89. The van der Waals surface area contributed by atoms with Crippen molar-refractivity contribution in [3.8, 4) is 0 Å². The number of likely N-dealkylation sites (tertiary alicyclic amines) is 1. The molecule has 0 spiro atoms. The van der Waals surface area contributed by atoms with E-state index in [9.17, 15) is 0 Å². The Kier molecular flexibility index (Phi) is 4.78. The number of hydrogen-bond donors (Lipinski definition) is 1. The Labute approximate surface area is 125 Å². The van der Waals surface area contributed by atoms with E-state index in [-0.39, 0.29) is 6.04 Å². The average Bonchev–Trinajstić information content (AvgIpc) is 2.69. The number of hydrogen-bond acceptors (Lipinski definition) is 2. The summed E-state index contributed by atoms with van der Waals surface area (Å²) in [5, 5.41) is 1.18. The predicted molar refractivity (Wildman–Crippen MR) is 82.8 cm³/mol. The first-order valence-electron chi connectivity index (χ1n) is 6.81. The zero-order valence-corrected chi connectivity index (χ0v) is 13.1. The highest BCUT2D eigenvalue weighted by Crippen LogP contribution is 2.32. The van der Waals surface area contributed by atoms with Crippen LogP contribution < -0.4 is 5.73 Å². The van der Waals surface area contributed by atoms with Gasteiger partial charge in [0.1, 0.15) is 0 Å². The van der Waals surface area contributed by atoms with E-state index in [2.05, 4.69) is 18.7 Å². The summed E-state index contributed by atoms with van der Waals surface area (Å²) in [4.78, 5) is 2.48. The molecule has 0 aliphatic carbocycles. The van der Waals surface area contributed by atoms with E-state index in [1.807, 2.05) is 12.1 Å². The van der Waals surface area contributed by atoms with Crippen molar-refractivity contribution in [3.05, 3.63) is 33.8 Å². The lowest BCUT2D eigenvalue weighted by molar-refractivity contribution is 0.281. The van der Waals surface area contributed by atoms with Crippen molar-refractivity contribution in [2.45, 2.75) is 32.7 Å². The Morgan fingerprint density at radius 1 is 1.37 bits per heavy atom. The molecule has 4 heteroatoms. The van der Waals surface area contributed by atoms with Crippen molar-refractivity contribution >= 4 is 23.2 Å². The van der Waals surface area contributed by atoms with Crippen LogP contribution in [0.4, 0.5) is 0 Å². The van der Waals surface area contributed by atoms with Gasteiger partial charge in [-0.2, -0.15) is 0 Å². The van der Waals surface area contributed by atoms with Gasteiger partial charge in [0.2, 0.25) is 0 Å². The summed E-state index contributed by atoms with van der Waals surface area (Å²) < 4.78 is 0. The van der Waals surface area contributed by atoms with Crippen molar-refractivity contribution in [1.29, 1.82) is 0 Å². The number of nitrogens with two attached hydrogens (primary N) is 1. The monoisotopic (exact) mass is 300 g/mol. The minimum absolute atomic E-state index is 0.0464. The number of nitrogens with zero attached hydrogens (tertiary/aromatic N) is 1. The molecule has 1 heterocycles. The van der Waals surface area contributed by atoms with Crippen LogP contribution in [0.2, 0.25) is 10.0 Å². The summed E-state index contributed by atoms with van der Waals surface area (Å²) in [6.45, 7) is 7.99. The molecule has 2 nitrogen and oxygen atoms in total. The quantitative estimate of drug-likeness (QED) is 0.906. The highest BCUT2D eigenvalue weighted by atomic mass is 35.5. The molecule has 1 aliphatic heterocycles. The number of halogens is 2. The maximum Gasteiger partial charge on any atom is 0.0640 e. The zero-order valence-electron chi connectivity index (χ0n) is 11.6. The van der Waals surface area contributed by atoms with Crippen molar-refractivity contribution in [2.24, 2.45) is 11.1 Å². The number of rotatable bonds is 4. The SMILES string of the molecule is CC1(C)CCN(CCC(N)c2cccc(Cl)c2Cl)C1. The lowest BCUT2D eigenvalue weighted by Crippen LogP contribution is -2.27. The fraction of sp³-hybridized carbons (Fsp3) is 0.600. The van der Waals surface area contributed by atoms with Crippen LogP contribution in [-0.4, -0.2) is 24.5 Å². The first kappa shape index (κ1) is 15.1. The van der Waals surface area contributed by atoms with Gasteiger partial charge in [-0.15, -0.1) is 0 Å². The fourth-order valence-corrected chi connectivity index (χ4v) is 3.15. The highest BCUT2D eigenvalue weighted by molar-refractivity contribution is 6.42. The van der Waals surface area contributed by atoms with Gasteiger partial charge in [-0.1, -0.05) is 49.2 Å². The smallest absolute Gasteiger partial charge is 0.0640 e. The van der Waals surface area contributed by atoms with Crippen LogP contribution in [0.15, 0.2) is 18.2 Å². The molecule has 1 aromatic rings. The van der Waals surface area contributed by atoms with E-state index in [0.717, 1.165) is 25.1 Å². The molecule has 0 amide bonds. The number of benzene rings is 1. The van der Waals surface area contributed by atoms with Crippen molar-refractivity contribution in [1.82, 2.24) is 4.90 Å². The summed E-state index contributed by atoms with van der Waals surface area (Å²) in [6, 6.07) is 5.62. The molecule has 0 saturated carbocycles. The van der Waals surface area contributed by atoms with Crippen LogP contribution in [0.3, 0.4) is 0 Å². The standard InChI is InChI=1S/C15H22Cl2N2/c1-15(2)7-9-19(10-15)8-6-13(18)11-4-3-5-12(16)14(11)17/h3-5,13H,6-10,18H2,1-2H3. The van der Waals surface area contributed by atoms with E-state index in [1.54, 1.807) is 6.07 Å². The van der Waals surface area contributed by atoms with Crippen LogP contribution in [0.1, 0.15) is 38.3 Å². The summed E-state index contributed by atoms with van der Waals surface area (Å²) >= 11 is 12.2. The van der Waals surface area contributed by atoms with Crippen molar-refractivity contribution in [3.63, 3.8) is 0 Å². The summed E-state index contributed by atoms with van der Waals surface area (Å²) in [7, 11) is 0. The summed E-state index contributed by atoms with van der Waals surface area (Å²) in [6.07, 6.45) is 2.18. The summed E-state index contributed by atoms with van der Waals surface area (Å²) in [5.74, 6) is 0. The fourth-order valence-electron chi connectivity index (χ4n) is 2.70. The van der Waals surface area contributed by atoms with E-state index in [1.165, 1.54) is 13.0 Å². The van der Waals surface area contributed by atoms with Gasteiger partial charge in [-0.25, -0.2) is 0 Å². The molecule has 1 aliphatic rings. The van der Waals surface area contributed by atoms with Crippen LogP contribution in [0, 0.1) is 5.41 Å². The molecule has 1 fully saturated rings. The minimum Gasteiger partial charge on any atom is -0.324 e. The third-order valence-corrected chi connectivity index (χ3v) is 4.73. The van der Waals surface area contributed by atoms with Gasteiger partial charge >= 0.3 is 0 Å². The van der Waals surface area contributed by atoms with Crippen LogP contribution >= 0.6 is 23.2 Å². The van der Waals surface area contributed by atoms with Crippen LogP contribution in [-0.2, 0) is 0 Å². The second kappa shape index (κ2) is 6.01. The lowest BCUT2D eigenvalue weighted by atomic mass is 9.93. The molecule has 2 N–H and O–H groups in total. The lowest BCUT2D eigenvalue weighted by Gasteiger charge is -2.22. The maximum absolute atomic E-state index is 6.24. The Morgan fingerprint density at radius 3 is 2.74 bits per heavy atom. The molecular weight excluding hydrogens is 279 g/mol. The Morgan fingerprint density at radius 2 is 2.11 bits per heavy atom. The van der Waals surface area contributed by atoms with Gasteiger partial charge < -0.3 is 10.6 Å². The van der Waals surface area contributed by atoms with E-state index >= 15 is 0 Å². The van der Waals surface area contributed by atoms with Crippen LogP contribution in [0.5, 0.6) is 0 Å². The third kappa shape index (κ3) is 3.85. The molecule has 1 atom stereocenters. The van der Waals surface area contributed by atoms with Crippen molar-refractivity contribution in [2.75, 3.05) is 19.6 Å². The molecule has 1 unspecified atom stereocenters. The topological polar surface area (TPSA) is 29.3 Å². The molecule has 19 heavy (non-hydrogen) atoms. The van der Waals surface area contributed by atoms with Gasteiger partial charge in [0.15, 0.2) is 0 Å². The maximum atomic E-state index is 6.24. The molecule has 0 bridgehead atoms. The van der Waals surface area contributed by atoms with Crippen LogP contribution in [0.25, 0.3) is 0 Å². The van der Waals surface area contributed by atoms with Gasteiger partial charge in [0, 0.05) is 12.6 Å². The molecule has 1 saturated heterocycles. The Hall–Kier alpha value is -0.280. The van der Waals surface area contributed by atoms with Gasteiger partial charge in [-0.3, -0.25) is 0 Å². The molecule has 1 aromatic carbocycles. The predicted octanol–water partition coefficient (Wildman–Crippen LogP) is 4.12. The van der Waals surface area contributed by atoms with E-state index in [4.69, 9.17) is 28.9 Å².